The van der Waals surface area contributed by atoms with Gasteiger partial charge in [-0.3, -0.25) is 19.3 Å². The fourth-order valence-electron chi connectivity index (χ4n) is 4.02. The lowest BCUT2D eigenvalue weighted by atomic mass is 10.1. The fourth-order valence-corrected chi connectivity index (χ4v) is 4.15. The highest BCUT2D eigenvalue weighted by Gasteiger charge is 2.37. The van der Waals surface area contributed by atoms with Gasteiger partial charge in [-0.2, -0.15) is 0 Å². The van der Waals surface area contributed by atoms with Crippen LogP contribution in [-0.2, 0) is 0 Å². The number of halogens is 1. The summed E-state index contributed by atoms with van der Waals surface area (Å²) in [6.45, 7) is 3.49. The second-order valence-corrected chi connectivity index (χ2v) is 8.80. The summed E-state index contributed by atoms with van der Waals surface area (Å²) in [7, 11) is 0. The van der Waals surface area contributed by atoms with Crippen molar-refractivity contribution in [2.45, 2.75) is 19.9 Å². The van der Waals surface area contributed by atoms with Crippen molar-refractivity contribution in [1.82, 2.24) is 4.90 Å². The molecule has 1 aliphatic rings. The predicted molar refractivity (Wildman–Crippen MR) is 130 cm³/mol. The van der Waals surface area contributed by atoms with Crippen LogP contribution in [0.15, 0.2) is 76.1 Å². The van der Waals surface area contributed by atoms with Gasteiger partial charge in [0.1, 0.15) is 17.6 Å². The van der Waals surface area contributed by atoms with E-state index < -0.39 is 11.9 Å². The molecule has 2 heterocycles. The minimum absolute atomic E-state index is 0.121. The van der Waals surface area contributed by atoms with E-state index in [-0.39, 0.29) is 45.4 Å². The maximum absolute atomic E-state index is 12.9. The minimum atomic E-state index is -0.712. The van der Waals surface area contributed by atoms with E-state index in [1.807, 2.05) is 0 Å². The lowest BCUT2D eigenvalue weighted by molar-refractivity contribution is 0.0608. The summed E-state index contributed by atoms with van der Waals surface area (Å²) in [6, 6.07) is 15.2. The summed E-state index contributed by atoms with van der Waals surface area (Å²) in [4.78, 5) is 51.9. The van der Waals surface area contributed by atoms with Gasteiger partial charge >= 0.3 is 5.97 Å². The van der Waals surface area contributed by atoms with Crippen molar-refractivity contribution in [2.24, 2.45) is 0 Å². The number of hydrogen-bond acceptors (Lipinski definition) is 6. The van der Waals surface area contributed by atoms with Crippen LogP contribution < -0.4 is 10.2 Å². The Morgan fingerprint density at radius 1 is 0.886 bits per heavy atom. The van der Waals surface area contributed by atoms with E-state index in [0.29, 0.717) is 21.5 Å². The zero-order valence-electron chi connectivity index (χ0n) is 18.7. The fraction of sp³-hybridized carbons (Fsp3) is 0.111. The number of amides is 2. The van der Waals surface area contributed by atoms with Crippen molar-refractivity contribution in [3.8, 4) is 16.9 Å². The largest absolute Gasteiger partial charge is 0.463 e. The second-order valence-electron chi connectivity index (χ2n) is 8.37. The van der Waals surface area contributed by atoms with Crippen LogP contribution in [0.4, 0.5) is 0 Å². The van der Waals surface area contributed by atoms with E-state index in [4.69, 9.17) is 20.8 Å². The second kappa shape index (κ2) is 8.52. The average molecular weight is 488 g/mol. The Balaban J connectivity index is 1.42. The van der Waals surface area contributed by atoms with E-state index in [0.717, 1.165) is 4.90 Å². The molecule has 0 unspecified atom stereocenters. The SMILES string of the molecule is CC(C)N1C(=O)c2ccc(C(=O)Oc3ccc4c(=O)c(-c5ccc(Cl)cc5)coc4c3)cc2C1=O. The normalized spacial score (nSPS) is 13.0. The molecule has 0 aliphatic carbocycles. The molecule has 1 aliphatic heterocycles. The van der Waals surface area contributed by atoms with Gasteiger partial charge in [-0.05, 0) is 61.9 Å². The van der Waals surface area contributed by atoms with E-state index in [2.05, 4.69) is 0 Å². The van der Waals surface area contributed by atoms with Crippen LogP contribution >= 0.6 is 11.6 Å². The molecule has 0 saturated heterocycles. The summed E-state index contributed by atoms with van der Waals surface area (Å²) in [5, 5.41) is 0.884. The summed E-state index contributed by atoms with van der Waals surface area (Å²) in [5.41, 5.74) is 1.60. The van der Waals surface area contributed by atoms with Gasteiger partial charge in [0, 0.05) is 17.1 Å². The molecule has 0 bridgehead atoms. The van der Waals surface area contributed by atoms with Gasteiger partial charge in [0.25, 0.3) is 11.8 Å². The Morgan fingerprint density at radius 2 is 1.60 bits per heavy atom. The Kier molecular flexibility index (Phi) is 5.49. The molecule has 2 amide bonds. The van der Waals surface area contributed by atoms with E-state index in [1.54, 1.807) is 38.1 Å². The Labute approximate surface area is 204 Å². The van der Waals surface area contributed by atoms with E-state index >= 15 is 0 Å². The number of ether oxygens (including phenoxy) is 1. The van der Waals surface area contributed by atoms with Crippen molar-refractivity contribution < 1.29 is 23.5 Å². The highest BCUT2D eigenvalue weighted by Crippen LogP contribution is 2.27. The standard InChI is InChI=1S/C27H18ClNO6/c1-14(2)29-25(31)19-9-5-16(11-21(19)26(29)32)27(33)35-18-8-10-20-23(12-18)34-13-22(24(20)30)15-3-6-17(28)7-4-15/h3-14H,1-2H3. The van der Waals surface area contributed by atoms with E-state index in [1.165, 1.54) is 42.7 Å². The number of fused-ring (bicyclic) bond motifs is 2. The molecule has 8 heteroatoms. The first kappa shape index (κ1) is 22.6. The average Bonchev–Trinajstić information content (AvgIpc) is 3.09. The van der Waals surface area contributed by atoms with Crippen LogP contribution in [0.3, 0.4) is 0 Å². The molecular formula is C27H18ClNO6. The van der Waals surface area contributed by atoms with Gasteiger partial charge in [0.2, 0.25) is 0 Å². The number of nitrogens with zero attached hydrogens (tertiary/aromatic N) is 1. The zero-order chi connectivity index (χ0) is 24.9. The number of carbonyl (C=O) groups is 3. The molecule has 0 spiro atoms. The Morgan fingerprint density at radius 3 is 2.31 bits per heavy atom. The van der Waals surface area contributed by atoms with Gasteiger partial charge < -0.3 is 9.15 Å². The predicted octanol–water partition coefficient (Wildman–Crippen LogP) is 5.34. The molecule has 0 radical (unpaired) electrons. The van der Waals surface area contributed by atoms with Gasteiger partial charge in [-0.1, -0.05) is 23.7 Å². The maximum Gasteiger partial charge on any atom is 0.343 e. The van der Waals surface area contributed by atoms with Crippen LogP contribution in [0.1, 0.15) is 44.9 Å². The molecule has 0 N–H and O–H groups in total. The molecule has 7 nitrogen and oxygen atoms in total. The quantitative estimate of drug-likeness (QED) is 0.219. The maximum atomic E-state index is 12.9. The van der Waals surface area contributed by atoms with Crippen LogP contribution in [0.2, 0.25) is 5.02 Å². The van der Waals surface area contributed by atoms with Gasteiger partial charge in [0.05, 0.1) is 27.6 Å². The summed E-state index contributed by atoms with van der Waals surface area (Å²) < 4.78 is 11.1. The number of hydrogen-bond donors (Lipinski definition) is 0. The molecule has 0 atom stereocenters. The third-order valence-corrected chi connectivity index (χ3v) is 6.03. The lowest BCUT2D eigenvalue weighted by Crippen LogP contribution is -2.35. The van der Waals surface area contributed by atoms with Crippen LogP contribution in [0, 0.1) is 0 Å². The third-order valence-electron chi connectivity index (χ3n) is 5.78. The highest BCUT2D eigenvalue weighted by molar-refractivity contribution is 6.30. The molecule has 174 valence electrons. The van der Waals surface area contributed by atoms with E-state index in [9.17, 15) is 19.2 Å². The summed E-state index contributed by atoms with van der Waals surface area (Å²) in [6.07, 6.45) is 1.35. The number of carbonyl (C=O) groups excluding carboxylic acids is 3. The molecule has 0 fully saturated rings. The number of esters is 1. The number of rotatable bonds is 4. The molecule has 4 aromatic rings. The van der Waals surface area contributed by atoms with Crippen LogP contribution in [0.5, 0.6) is 5.75 Å². The van der Waals surface area contributed by atoms with Crippen molar-refractivity contribution in [3.63, 3.8) is 0 Å². The smallest absolute Gasteiger partial charge is 0.343 e. The van der Waals surface area contributed by atoms with Gasteiger partial charge in [0.15, 0.2) is 5.43 Å². The summed E-state index contributed by atoms with van der Waals surface area (Å²) >= 11 is 5.92. The molecule has 0 saturated carbocycles. The first-order valence-corrected chi connectivity index (χ1v) is 11.2. The molecule has 5 rings (SSSR count). The van der Waals surface area contributed by atoms with Crippen LogP contribution in [0.25, 0.3) is 22.1 Å². The highest BCUT2D eigenvalue weighted by atomic mass is 35.5. The number of benzene rings is 3. The molecular weight excluding hydrogens is 470 g/mol. The topological polar surface area (TPSA) is 93.9 Å². The van der Waals surface area contributed by atoms with Crippen molar-refractivity contribution in [1.29, 1.82) is 0 Å². The van der Waals surface area contributed by atoms with Crippen molar-refractivity contribution in [2.75, 3.05) is 0 Å². The first-order valence-electron chi connectivity index (χ1n) is 10.8. The molecule has 3 aromatic carbocycles. The number of imide groups is 1. The Hall–Kier alpha value is -4.23. The first-order chi connectivity index (χ1) is 16.7. The minimum Gasteiger partial charge on any atom is -0.463 e. The molecule has 35 heavy (non-hydrogen) atoms. The summed E-state index contributed by atoms with van der Waals surface area (Å²) in [5.74, 6) is -1.38. The lowest BCUT2D eigenvalue weighted by Gasteiger charge is -2.17. The van der Waals surface area contributed by atoms with Crippen molar-refractivity contribution >= 4 is 40.4 Å². The van der Waals surface area contributed by atoms with Crippen LogP contribution in [-0.4, -0.2) is 28.7 Å². The van der Waals surface area contributed by atoms with Crippen molar-refractivity contribution in [3.05, 3.63) is 98.9 Å². The monoisotopic (exact) mass is 487 g/mol. The Bertz CT molecular complexity index is 1590. The van der Waals surface area contributed by atoms with Gasteiger partial charge in [-0.15, -0.1) is 0 Å². The van der Waals surface area contributed by atoms with Gasteiger partial charge in [-0.25, -0.2) is 4.79 Å². The third kappa shape index (κ3) is 3.90. The molecule has 1 aromatic heterocycles. The zero-order valence-corrected chi connectivity index (χ0v) is 19.5.